The number of terminal acetylenes is 1. The molecule has 2 nitrogen and oxygen atoms in total. The Morgan fingerprint density at radius 2 is 1.89 bits per heavy atom. The zero-order valence-electron chi connectivity index (χ0n) is 11.6. The summed E-state index contributed by atoms with van der Waals surface area (Å²) in [5, 5.41) is 2.75. The van der Waals surface area contributed by atoms with E-state index in [9.17, 15) is 4.79 Å². The van der Waals surface area contributed by atoms with Gasteiger partial charge in [0.15, 0.2) is 0 Å². The van der Waals surface area contributed by atoms with Gasteiger partial charge in [0.1, 0.15) is 0 Å². The van der Waals surface area contributed by atoms with Crippen molar-refractivity contribution in [2.75, 3.05) is 6.54 Å². The second-order valence-corrected chi connectivity index (χ2v) is 6.78. The van der Waals surface area contributed by atoms with Gasteiger partial charge in [0.25, 0.3) is 5.91 Å². The van der Waals surface area contributed by atoms with Crippen LogP contribution in [0.5, 0.6) is 0 Å². The van der Waals surface area contributed by atoms with E-state index in [0.29, 0.717) is 6.54 Å². The molecule has 0 heterocycles. The van der Waals surface area contributed by atoms with Crippen LogP contribution in [0.4, 0.5) is 0 Å². The van der Waals surface area contributed by atoms with Crippen molar-refractivity contribution in [1.82, 2.24) is 5.32 Å². The molecule has 100 valence electrons. The first-order valence-electron chi connectivity index (χ1n) is 7.37. The van der Waals surface area contributed by atoms with Crippen LogP contribution in [-0.4, -0.2) is 12.5 Å². The Balaban J connectivity index is 1.85. The highest BCUT2D eigenvalue weighted by Crippen LogP contribution is 2.64. The first-order chi connectivity index (χ1) is 9.09. The minimum absolute atomic E-state index is 0.0293. The quantitative estimate of drug-likeness (QED) is 0.716. The van der Waals surface area contributed by atoms with Gasteiger partial charge < -0.3 is 5.32 Å². The van der Waals surface area contributed by atoms with Gasteiger partial charge in [-0.05, 0) is 63.2 Å². The average molecular weight is 255 g/mol. The third-order valence-corrected chi connectivity index (χ3v) is 5.15. The summed E-state index contributed by atoms with van der Waals surface area (Å²) in [6.07, 6.45) is 12.8. The molecule has 4 saturated carbocycles. The molecule has 0 spiro atoms. The van der Waals surface area contributed by atoms with E-state index in [0.717, 1.165) is 31.1 Å². The number of rotatable bonds is 1. The molecule has 0 aromatic rings. The van der Waals surface area contributed by atoms with Crippen molar-refractivity contribution < 1.29 is 4.79 Å². The Hall–Kier alpha value is -1.41. The van der Waals surface area contributed by atoms with E-state index in [1.54, 1.807) is 0 Å². The van der Waals surface area contributed by atoms with Crippen LogP contribution in [0.15, 0.2) is 0 Å². The summed E-state index contributed by atoms with van der Waals surface area (Å²) in [4.78, 5) is 11.6. The fourth-order valence-electron chi connectivity index (χ4n) is 4.97. The standard InChI is InChI=1S/C17H21NO/c1-3-16-8-13-7-14(9-16)11-17(10-13,12-16)6-5-15(19)18-4-2/h1,13-14H,4,7-12H2,2H3,(H,18,19). The van der Waals surface area contributed by atoms with Gasteiger partial charge >= 0.3 is 0 Å². The van der Waals surface area contributed by atoms with Crippen LogP contribution in [0.3, 0.4) is 0 Å². The Labute approximate surface area is 115 Å². The van der Waals surface area contributed by atoms with Crippen molar-refractivity contribution in [2.45, 2.75) is 45.4 Å². The van der Waals surface area contributed by atoms with Gasteiger partial charge in [0, 0.05) is 17.4 Å². The zero-order valence-corrected chi connectivity index (χ0v) is 11.6. The molecule has 0 aliphatic heterocycles. The highest BCUT2D eigenvalue weighted by molar-refractivity contribution is 5.93. The highest BCUT2D eigenvalue weighted by Gasteiger charge is 2.56. The molecule has 1 amide bonds. The van der Waals surface area contributed by atoms with Gasteiger partial charge in [-0.1, -0.05) is 11.8 Å². The summed E-state index contributed by atoms with van der Waals surface area (Å²) in [5.74, 6) is 10.5. The van der Waals surface area contributed by atoms with E-state index in [1.165, 1.54) is 19.3 Å². The number of nitrogens with one attached hydrogen (secondary N) is 1. The summed E-state index contributed by atoms with van der Waals surface area (Å²) in [6.45, 7) is 2.55. The molecular formula is C17H21NO. The van der Waals surface area contributed by atoms with Crippen molar-refractivity contribution >= 4 is 5.91 Å². The lowest BCUT2D eigenvalue weighted by Gasteiger charge is -2.58. The molecule has 2 unspecified atom stereocenters. The summed E-state index contributed by atoms with van der Waals surface area (Å²) in [7, 11) is 0. The summed E-state index contributed by atoms with van der Waals surface area (Å²) in [6, 6.07) is 0. The van der Waals surface area contributed by atoms with Gasteiger partial charge in [-0.3, -0.25) is 4.79 Å². The lowest BCUT2D eigenvalue weighted by molar-refractivity contribution is -0.115. The normalized spacial score (nSPS) is 42.1. The Kier molecular flexibility index (Phi) is 2.86. The van der Waals surface area contributed by atoms with E-state index in [1.807, 2.05) is 6.92 Å². The predicted molar refractivity (Wildman–Crippen MR) is 74.8 cm³/mol. The maximum atomic E-state index is 11.6. The van der Waals surface area contributed by atoms with Crippen LogP contribution in [0.1, 0.15) is 45.4 Å². The molecule has 0 radical (unpaired) electrons. The van der Waals surface area contributed by atoms with Crippen LogP contribution < -0.4 is 5.32 Å². The molecule has 0 saturated heterocycles. The fraction of sp³-hybridized carbons (Fsp3) is 0.706. The van der Waals surface area contributed by atoms with E-state index in [-0.39, 0.29) is 16.7 Å². The zero-order chi connectivity index (χ0) is 13.5. The number of hydrogen-bond acceptors (Lipinski definition) is 1. The third-order valence-electron chi connectivity index (χ3n) is 5.15. The molecule has 1 N–H and O–H groups in total. The first-order valence-corrected chi connectivity index (χ1v) is 7.37. The highest BCUT2D eigenvalue weighted by atomic mass is 16.1. The topological polar surface area (TPSA) is 29.1 Å². The molecule has 2 atom stereocenters. The van der Waals surface area contributed by atoms with Gasteiger partial charge in [-0.2, -0.15) is 0 Å². The van der Waals surface area contributed by atoms with E-state index < -0.39 is 0 Å². The summed E-state index contributed by atoms with van der Waals surface area (Å²) in [5.41, 5.74) is 0.113. The van der Waals surface area contributed by atoms with E-state index >= 15 is 0 Å². The summed E-state index contributed by atoms with van der Waals surface area (Å²) < 4.78 is 0. The van der Waals surface area contributed by atoms with Crippen molar-refractivity contribution in [1.29, 1.82) is 0 Å². The van der Waals surface area contributed by atoms with E-state index in [4.69, 9.17) is 6.42 Å². The maximum absolute atomic E-state index is 11.6. The molecule has 19 heavy (non-hydrogen) atoms. The minimum atomic E-state index is -0.145. The average Bonchev–Trinajstić information content (AvgIpc) is 2.35. The van der Waals surface area contributed by atoms with Crippen molar-refractivity contribution in [3.05, 3.63) is 0 Å². The van der Waals surface area contributed by atoms with Crippen molar-refractivity contribution in [3.8, 4) is 24.2 Å². The van der Waals surface area contributed by atoms with Crippen LogP contribution in [0.25, 0.3) is 0 Å². The third kappa shape index (κ3) is 2.14. The smallest absolute Gasteiger partial charge is 0.295 e. The molecule has 0 aromatic carbocycles. The lowest BCUT2D eigenvalue weighted by Crippen LogP contribution is -2.50. The molecule has 2 heteroatoms. The molecule has 4 aliphatic carbocycles. The second-order valence-electron chi connectivity index (χ2n) is 6.78. The second kappa shape index (κ2) is 4.31. The molecule has 4 bridgehead atoms. The van der Waals surface area contributed by atoms with Gasteiger partial charge in [-0.25, -0.2) is 0 Å². The van der Waals surface area contributed by atoms with Crippen molar-refractivity contribution in [3.63, 3.8) is 0 Å². The SMILES string of the molecule is C#CC12CC3CC(C1)CC(C#CC(=O)NCC)(C3)C2. The Bertz CT molecular complexity index is 488. The number of hydrogen-bond donors (Lipinski definition) is 1. The minimum Gasteiger partial charge on any atom is -0.346 e. The van der Waals surface area contributed by atoms with Crippen molar-refractivity contribution in [2.24, 2.45) is 22.7 Å². The number of carbonyl (C=O) groups excluding carboxylic acids is 1. The van der Waals surface area contributed by atoms with Gasteiger partial charge in [-0.15, -0.1) is 6.42 Å². The Morgan fingerprint density at radius 1 is 1.26 bits per heavy atom. The predicted octanol–water partition coefficient (Wildman–Crippen LogP) is 2.35. The molecule has 4 fully saturated rings. The van der Waals surface area contributed by atoms with Crippen LogP contribution >= 0.6 is 0 Å². The fourth-order valence-corrected chi connectivity index (χ4v) is 4.97. The lowest BCUT2D eigenvalue weighted by atomic mass is 9.44. The van der Waals surface area contributed by atoms with Gasteiger partial charge in [0.05, 0.1) is 0 Å². The molecule has 0 aromatic heterocycles. The number of amides is 1. The monoisotopic (exact) mass is 255 g/mol. The van der Waals surface area contributed by atoms with Crippen LogP contribution in [-0.2, 0) is 4.79 Å². The van der Waals surface area contributed by atoms with E-state index in [2.05, 4.69) is 23.1 Å². The molecule has 4 aliphatic rings. The first kappa shape index (κ1) is 12.6. The molecular weight excluding hydrogens is 234 g/mol. The van der Waals surface area contributed by atoms with Gasteiger partial charge in [0.2, 0.25) is 0 Å². The van der Waals surface area contributed by atoms with Crippen LogP contribution in [0.2, 0.25) is 0 Å². The Morgan fingerprint density at radius 3 is 2.47 bits per heavy atom. The number of carbonyl (C=O) groups is 1. The largest absolute Gasteiger partial charge is 0.346 e. The maximum Gasteiger partial charge on any atom is 0.295 e. The summed E-state index contributed by atoms with van der Waals surface area (Å²) >= 11 is 0. The van der Waals surface area contributed by atoms with Crippen LogP contribution in [0, 0.1) is 46.9 Å². The molecule has 4 rings (SSSR count).